The molecule has 2 heterocycles. The molecular weight excluding hydrogens is 338 g/mol. The molecular formula is C23H33NO3. The molecule has 3 aliphatic rings. The number of furan rings is 1. The van der Waals surface area contributed by atoms with Gasteiger partial charge in [0.2, 0.25) is 0 Å². The standard InChI is InChI=1S/C23H33NO3/c1-15-6-4-10-23(3)13-21-18(12-20(15)23)19(22(25)27-21)14-24-16(2)8-9-17-7-5-11-26-17/h5,7,11-12,15-16,18-19,21,24H,4,6,8-10,13-14H2,1-3H3/t15-,16-,18-,19+,21-,23+/m1/s1. The molecule has 0 radical (unpaired) electrons. The number of hydrogen-bond donors (Lipinski definition) is 1. The minimum Gasteiger partial charge on any atom is -0.469 e. The lowest BCUT2D eigenvalue weighted by Gasteiger charge is -2.46. The lowest BCUT2D eigenvalue weighted by molar-refractivity contribution is -0.145. The fourth-order valence-electron chi connectivity index (χ4n) is 5.53. The molecule has 0 bridgehead atoms. The molecule has 2 aliphatic carbocycles. The highest BCUT2D eigenvalue weighted by atomic mass is 16.6. The van der Waals surface area contributed by atoms with Crippen LogP contribution in [0.2, 0.25) is 0 Å². The topological polar surface area (TPSA) is 51.5 Å². The minimum atomic E-state index is -0.0489. The van der Waals surface area contributed by atoms with E-state index in [1.807, 2.05) is 12.1 Å². The summed E-state index contributed by atoms with van der Waals surface area (Å²) in [7, 11) is 0. The van der Waals surface area contributed by atoms with E-state index in [1.54, 1.807) is 11.8 Å². The number of carbonyl (C=O) groups excluding carboxylic acids is 1. The molecule has 1 saturated heterocycles. The van der Waals surface area contributed by atoms with Gasteiger partial charge in [-0.15, -0.1) is 0 Å². The smallest absolute Gasteiger partial charge is 0.311 e. The summed E-state index contributed by atoms with van der Waals surface area (Å²) in [6.07, 6.45) is 10.9. The molecule has 1 saturated carbocycles. The first kappa shape index (κ1) is 18.8. The van der Waals surface area contributed by atoms with Gasteiger partial charge in [-0.1, -0.05) is 31.9 Å². The van der Waals surface area contributed by atoms with E-state index in [9.17, 15) is 4.79 Å². The fraction of sp³-hybridized carbons (Fsp3) is 0.696. The van der Waals surface area contributed by atoms with E-state index in [0.717, 1.165) is 25.0 Å². The number of nitrogens with one attached hydrogen (secondary N) is 1. The number of esters is 1. The Morgan fingerprint density at radius 1 is 1.41 bits per heavy atom. The van der Waals surface area contributed by atoms with E-state index in [2.05, 4.69) is 32.2 Å². The molecule has 0 unspecified atom stereocenters. The summed E-state index contributed by atoms with van der Waals surface area (Å²) >= 11 is 0. The van der Waals surface area contributed by atoms with Gasteiger partial charge in [0.1, 0.15) is 11.9 Å². The number of fused-ring (bicyclic) bond motifs is 2. The van der Waals surface area contributed by atoms with Gasteiger partial charge in [0.15, 0.2) is 0 Å². The van der Waals surface area contributed by atoms with Crippen molar-refractivity contribution in [3.8, 4) is 0 Å². The number of aryl methyl sites for hydroxylation is 1. The van der Waals surface area contributed by atoms with Gasteiger partial charge < -0.3 is 14.5 Å². The van der Waals surface area contributed by atoms with Crippen molar-refractivity contribution >= 4 is 5.97 Å². The predicted molar refractivity (Wildman–Crippen MR) is 105 cm³/mol. The molecule has 1 N–H and O–H groups in total. The zero-order valence-corrected chi connectivity index (χ0v) is 16.9. The van der Waals surface area contributed by atoms with Crippen LogP contribution >= 0.6 is 0 Å². The maximum atomic E-state index is 12.6. The highest BCUT2D eigenvalue weighted by molar-refractivity contribution is 5.76. The molecule has 4 heteroatoms. The number of carbonyl (C=O) groups is 1. The summed E-state index contributed by atoms with van der Waals surface area (Å²) in [6, 6.07) is 4.29. The average molecular weight is 372 g/mol. The van der Waals surface area contributed by atoms with Crippen LogP contribution < -0.4 is 5.32 Å². The van der Waals surface area contributed by atoms with E-state index in [1.165, 1.54) is 19.3 Å². The third-order valence-corrected chi connectivity index (χ3v) is 7.17. The zero-order valence-electron chi connectivity index (χ0n) is 16.9. The van der Waals surface area contributed by atoms with Crippen molar-refractivity contribution in [2.75, 3.05) is 6.54 Å². The summed E-state index contributed by atoms with van der Waals surface area (Å²) in [5.41, 5.74) is 1.82. The Kier molecular flexibility index (Phi) is 5.19. The van der Waals surface area contributed by atoms with Crippen LogP contribution in [0.3, 0.4) is 0 Å². The van der Waals surface area contributed by atoms with E-state index >= 15 is 0 Å². The van der Waals surface area contributed by atoms with Gasteiger partial charge in [-0.2, -0.15) is 0 Å². The van der Waals surface area contributed by atoms with E-state index in [4.69, 9.17) is 9.15 Å². The lowest BCUT2D eigenvalue weighted by atomic mass is 9.59. The van der Waals surface area contributed by atoms with E-state index < -0.39 is 0 Å². The first-order chi connectivity index (χ1) is 13.0. The van der Waals surface area contributed by atoms with Crippen molar-refractivity contribution in [1.82, 2.24) is 5.32 Å². The number of hydrogen-bond acceptors (Lipinski definition) is 4. The van der Waals surface area contributed by atoms with Crippen LogP contribution in [0.1, 0.15) is 58.6 Å². The Labute approximate surface area is 162 Å². The zero-order chi connectivity index (χ0) is 19.0. The molecule has 148 valence electrons. The SMILES string of the molecule is C[C@H](CCc1ccco1)NC[C@@H]1C(=O)O[C@@H]2C[C@]3(C)CCC[C@@H](C)C3=C[C@H]12. The van der Waals surface area contributed by atoms with E-state index in [0.29, 0.717) is 18.5 Å². The second-order valence-electron chi connectivity index (χ2n) is 9.27. The molecule has 1 aromatic heterocycles. The average Bonchev–Trinajstić information content (AvgIpc) is 3.23. The van der Waals surface area contributed by atoms with Crippen LogP contribution in [0.25, 0.3) is 0 Å². The van der Waals surface area contributed by atoms with Crippen LogP contribution in [-0.2, 0) is 16.0 Å². The van der Waals surface area contributed by atoms with Gasteiger partial charge >= 0.3 is 5.97 Å². The van der Waals surface area contributed by atoms with Gasteiger partial charge in [-0.3, -0.25) is 4.79 Å². The molecule has 0 aromatic carbocycles. The Morgan fingerprint density at radius 3 is 3.04 bits per heavy atom. The summed E-state index contributed by atoms with van der Waals surface area (Å²) in [4.78, 5) is 12.6. The second kappa shape index (κ2) is 7.46. The molecule has 1 aromatic rings. The summed E-state index contributed by atoms with van der Waals surface area (Å²) in [5.74, 6) is 1.84. The minimum absolute atomic E-state index is 0.0116. The van der Waals surface area contributed by atoms with Crippen molar-refractivity contribution in [3.05, 3.63) is 35.8 Å². The van der Waals surface area contributed by atoms with Crippen LogP contribution in [0.5, 0.6) is 0 Å². The summed E-state index contributed by atoms with van der Waals surface area (Å²) in [5, 5.41) is 3.57. The molecule has 0 spiro atoms. The molecule has 27 heavy (non-hydrogen) atoms. The van der Waals surface area contributed by atoms with Crippen molar-refractivity contribution < 1.29 is 13.9 Å². The molecule has 1 aliphatic heterocycles. The Balaban J connectivity index is 1.39. The van der Waals surface area contributed by atoms with Gasteiger partial charge in [0.05, 0.1) is 12.2 Å². The predicted octanol–water partition coefficient (Wildman–Crippen LogP) is 4.50. The largest absolute Gasteiger partial charge is 0.469 e. The van der Waals surface area contributed by atoms with Crippen molar-refractivity contribution in [3.63, 3.8) is 0 Å². The van der Waals surface area contributed by atoms with Crippen molar-refractivity contribution in [1.29, 1.82) is 0 Å². The maximum absolute atomic E-state index is 12.6. The van der Waals surface area contributed by atoms with Crippen LogP contribution in [-0.4, -0.2) is 24.7 Å². The third-order valence-electron chi connectivity index (χ3n) is 7.17. The molecule has 6 atom stereocenters. The number of allylic oxidation sites excluding steroid dienone is 1. The molecule has 4 nitrogen and oxygen atoms in total. The maximum Gasteiger partial charge on any atom is 0.311 e. The van der Waals surface area contributed by atoms with Crippen LogP contribution in [0.15, 0.2) is 34.5 Å². The summed E-state index contributed by atoms with van der Waals surface area (Å²) in [6.45, 7) is 7.61. The Hall–Kier alpha value is -1.55. The first-order valence-electron chi connectivity index (χ1n) is 10.6. The highest BCUT2D eigenvalue weighted by Gasteiger charge is 2.51. The Morgan fingerprint density at radius 2 is 2.26 bits per heavy atom. The van der Waals surface area contributed by atoms with Crippen molar-refractivity contribution in [2.24, 2.45) is 23.2 Å². The summed E-state index contributed by atoms with van der Waals surface area (Å²) < 4.78 is 11.2. The van der Waals surface area contributed by atoms with Crippen LogP contribution in [0, 0.1) is 23.2 Å². The van der Waals surface area contributed by atoms with Gasteiger partial charge in [-0.05, 0) is 56.1 Å². The Bertz CT molecular complexity index is 694. The molecule has 0 amide bonds. The molecule has 2 fully saturated rings. The number of rotatable bonds is 6. The van der Waals surface area contributed by atoms with Crippen LogP contribution in [0.4, 0.5) is 0 Å². The van der Waals surface area contributed by atoms with E-state index in [-0.39, 0.29) is 29.3 Å². The molecule has 4 rings (SSSR count). The van der Waals surface area contributed by atoms with Gasteiger partial charge in [0, 0.05) is 24.9 Å². The number of ether oxygens (including phenoxy) is 1. The fourth-order valence-corrected chi connectivity index (χ4v) is 5.53. The van der Waals surface area contributed by atoms with Crippen molar-refractivity contribution in [2.45, 2.75) is 71.4 Å². The van der Waals surface area contributed by atoms with Gasteiger partial charge in [-0.25, -0.2) is 0 Å². The third kappa shape index (κ3) is 3.73. The van der Waals surface area contributed by atoms with Gasteiger partial charge in [0.25, 0.3) is 0 Å². The quantitative estimate of drug-likeness (QED) is 0.591. The first-order valence-corrected chi connectivity index (χ1v) is 10.6. The monoisotopic (exact) mass is 371 g/mol. The lowest BCUT2D eigenvalue weighted by Crippen LogP contribution is -2.41. The second-order valence-corrected chi connectivity index (χ2v) is 9.27. The highest BCUT2D eigenvalue weighted by Crippen LogP contribution is 2.53. The normalized spacial score (nSPS) is 36.6.